The second-order valence-electron chi connectivity index (χ2n) is 4.29. The van der Waals surface area contributed by atoms with Crippen molar-refractivity contribution in [2.45, 2.75) is 25.7 Å². The van der Waals surface area contributed by atoms with E-state index in [9.17, 15) is 0 Å². The molecule has 1 heterocycles. The lowest BCUT2D eigenvalue weighted by Crippen LogP contribution is -2.24. The van der Waals surface area contributed by atoms with Gasteiger partial charge in [-0.2, -0.15) is 5.26 Å². The number of nitrogens with two attached hydrogens (primary N) is 1. The fraction of sp³-hybridized carbons (Fsp3) is 0.462. The monoisotopic (exact) mass is 251 g/mol. The fourth-order valence-electron chi connectivity index (χ4n) is 2.23. The van der Waals surface area contributed by atoms with Crippen LogP contribution in [0.3, 0.4) is 0 Å². The van der Waals surface area contributed by atoms with Crippen LogP contribution >= 0.6 is 12.4 Å². The fourth-order valence-corrected chi connectivity index (χ4v) is 2.23. The van der Waals surface area contributed by atoms with Crippen molar-refractivity contribution in [2.75, 3.05) is 23.7 Å². The Hall–Kier alpha value is -1.40. The molecule has 0 amide bonds. The van der Waals surface area contributed by atoms with E-state index < -0.39 is 0 Å². The van der Waals surface area contributed by atoms with E-state index >= 15 is 0 Å². The summed E-state index contributed by atoms with van der Waals surface area (Å²) in [5.74, 6) is 0. The van der Waals surface area contributed by atoms with Crippen LogP contribution in [0.4, 0.5) is 11.4 Å². The molecule has 0 saturated carbocycles. The van der Waals surface area contributed by atoms with Crippen LogP contribution < -0.4 is 10.6 Å². The zero-order chi connectivity index (χ0) is 11.4. The highest BCUT2D eigenvalue weighted by atomic mass is 35.5. The van der Waals surface area contributed by atoms with Crippen molar-refractivity contribution in [3.8, 4) is 6.07 Å². The van der Waals surface area contributed by atoms with Gasteiger partial charge in [0.15, 0.2) is 0 Å². The largest absolute Gasteiger partial charge is 0.399 e. The molecule has 1 aliphatic rings. The number of rotatable bonds is 1. The SMILES string of the molecule is Cl.N#Cc1cc(N)ccc1N1CCCCCC1. The first kappa shape index (κ1) is 13.7. The summed E-state index contributed by atoms with van der Waals surface area (Å²) in [6.07, 6.45) is 5.03. The number of benzene rings is 1. The summed E-state index contributed by atoms with van der Waals surface area (Å²) in [7, 11) is 0. The van der Waals surface area contributed by atoms with Gasteiger partial charge in [-0.1, -0.05) is 12.8 Å². The van der Waals surface area contributed by atoms with Gasteiger partial charge in [0.1, 0.15) is 6.07 Å². The Labute approximate surface area is 109 Å². The second kappa shape index (κ2) is 6.36. The summed E-state index contributed by atoms with van der Waals surface area (Å²) < 4.78 is 0. The van der Waals surface area contributed by atoms with E-state index in [4.69, 9.17) is 11.0 Å². The molecule has 1 aliphatic heterocycles. The van der Waals surface area contributed by atoms with Crippen LogP contribution in [0.25, 0.3) is 0 Å². The molecule has 2 rings (SSSR count). The van der Waals surface area contributed by atoms with E-state index in [1.807, 2.05) is 12.1 Å². The summed E-state index contributed by atoms with van der Waals surface area (Å²) in [4.78, 5) is 2.31. The molecular formula is C13H18ClN3. The third-order valence-corrected chi connectivity index (χ3v) is 3.09. The highest BCUT2D eigenvalue weighted by Gasteiger charge is 2.13. The predicted octanol–water partition coefficient (Wildman–Crippen LogP) is 2.94. The maximum absolute atomic E-state index is 9.11. The van der Waals surface area contributed by atoms with Gasteiger partial charge >= 0.3 is 0 Å². The van der Waals surface area contributed by atoms with Gasteiger partial charge in [0.25, 0.3) is 0 Å². The van der Waals surface area contributed by atoms with Gasteiger partial charge in [0, 0.05) is 18.8 Å². The Morgan fingerprint density at radius 2 is 1.76 bits per heavy atom. The maximum atomic E-state index is 9.11. The lowest BCUT2D eigenvalue weighted by molar-refractivity contribution is 0.726. The van der Waals surface area contributed by atoms with Gasteiger partial charge < -0.3 is 10.6 Å². The molecule has 3 nitrogen and oxygen atoms in total. The van der Waals surface area contributed by atoms with Crippen molar-refractivity contribution in [3.63, 3.8) is 0 Å². The van der Waals surface area contributed by atoms with Gasteiger partial charge in [0.05, 0.1) is 11.3 Å². The molecule has 1 aromatic rings. The third kappa shape index (κ3) is 3.28. The third-order valence-electron chi connectivity index (χ3n) is 3.09. The molecule has 1 fully saturated rings. The molecule has 0 aromatic heterocycles. The van der Waals surface area contributed by atoms with Crippen LogP contribution in [0.2, 0.25) is 0 Å². The van der Waals surface area contributed by atoms with Crippen LogP contribution in [0.1, 0.15) is 31.2 Å². The first-order valence-electron chi connectivity index (χ1n) is 5.86. The summed E-state index contributed by atoms with van der Waals surface area (Å²) in [5, 5.41) is 9.11. The smallest absolute Gasteiger partial charge is 0.101 e. The van der Waals surface area contributed by atoms with Gasteiger partial charge in [-0.3, -0.25) is 0 Å². The van der Waals surface area contributed by atoms with Gasteiger partial charge in [-0.15, -0.1) is 12.4 Å². The average molecular weight is 252 g/mol. The number of nitrogens with zero attached hydrogens (tertiary/aromatic N) is 2. The first-order valence-corrected chi connectivity index (χ1v) is 5.86. The van der Waals surface area contributed by atoms with E-state index in [0.29, 0.717) is 11.3 Å². The molecule has 1 aromatic carbocycles. The minimum absolute atomic E-state index is 0. The highest BCUT2D eigenvalue weighted by Crippen LogP contribution is 2.25. The lowest BCUT2D eigenvalue weighted by Gasteiger charge is -2.23. The summed E-state index contributed by atoms with van der Waals surface area (Å²) >= 11 is 0. The van der Waals surface area contributed by atoms with Crippen LogP contribution in [0.5, 0.6) is 0 Å². The summed E-state index contributed by atoms with van der Waals surface area (Å²) in [6, 6.07) is 7.84. The molecular weight excluding hydrogens is 234 g/mol. The Morgan fingerprint density at radius 1 is 1.12 bits per heavy atom. The van der Waals surface area contributed by atoms with Gasteiger partial charge in [-0.25, -0.2) is 0 Å². The normalized spacial score (nSPS) is 15.6. The van der Waals surface area contributed by atoms with Crippen molar-refractivity contribution in [3.05, 3.63) is 23.8 Å². The van der Waals surface area contributed by atoms with Crippen molar-refractivity contribution >= 4 is 23.8 Å². The number of anilines is 2. The van der Waals surface area contributed by atoms with Crippen molar-refractivity contribution < 1.29 is 0 Å². The van der Waals surface area contributed by atoms with Crippen LogP contribution in [0.15, 0.2) is 18.2 Å². The molecule has 4 heteroatoms. The minimum atomic E-state index is 0. The molecule has 2 N–H and O–H groups in total. The molecule has 0 spiro atoms. The Morgan fingerprint density at radius 3 is 2.35 bits per heavy atom. The van der Waals surface area contributed by atoms with Crippen molar-refractivity contribution in [1.82, 2.24) is 0 Å². The average Bonchev–Trinajstić information content (AvgIpc) is 2.57. The van der Waals surface area contributed by atoms with Crippen LogP contribution in [0, 0.1) is 11.3 Å². The number of halogens is 1. The van der Waals surface area contributed by atoms with Gasteiger partial charge in [0.2, 0.25) is 0 Å². The minimum Gasteiger partial charge on any atom is -0.399 e. The predicted molar refractivity (Wildman–Crippen MR) is 73.5 cm³/mol. The van der Waals surface area contributed by atoms with Crippen LogP contribution in [-0.2, 0) is 0 Å². The summed E-state index contributed by atoms with van der Waals surface area (Å²) in [5.41, 5.74) is 8.09. The quantitative estimate of drug-likeness (QED) is 0.781. The highest BCUT2D eigenvalue weighted by molar-refractivity contribution is 5.85. The van der Waals surface area contributed by atoms with Crippen molar-refractivity contribution in [1.29, 1.82) is 5.26 Å². The van der Waals surface area contributed by atoms with Gasteiger partial charge in [-0.05, 0) is 31.0 Å². The van der Waals surface area contributed by atoms with E-state index in [0.717, 1.165) is 18.8 Å². The van der Waals surface area contributed by atoms with E-state index in [-0.39, 0.29) is 12.4 Å². The Kier molecular flexibility index (Phi) is 5.11. The molecule has 0 unspecified atom stereocenters. The number of hydrogen-bond donors (Lipinski definition) is 1. The second-order valence-corrected chi connectivity index (χ2v) is 4.29. The van der Waals surface area contributed by atoms with E-state index in [1.54, 1.807) is 6.07 Å². The molecule has 0 aliphatic carbocycles. The first-order chi connectivity index (χ1) is 7.81. The zero-order valence-corrected chi connectivity index (χ0v) is 10.7. The molecule has 92 valence electrons. The summed E-state index contributed by atoms with van der Waals surface area (Å²) in [6.45, 7) is 2.11. The van der Waals surface area contributed by atoms with Crippen molar-refractivity contribution in [2.24, 2.45) is 0 Å². The van der Waals surface area contributed by atoms with E-state index in [2.05, 4.69) is 11.0 Å². The molecule has 0 bridgehead atoms. The number of nitriles is 1. The molecule has 17 heavy (non-hydrogen) atoms. The van der Waals surface area contributed by atoms with Crippen LogP contribution in [-0.4, -0.2) is 13.1 Å². The molecule has 1 saturated heterocycles. The maximum Gasteiger partial charge on any atom is 0.101 e. The number of hydrogen-bond acceptors (Lipinski definition) is 3. The Bertz CT molecular complexity index is 404. The standard InChI is InChI=1S/C13H17N3.ClH/c14-10-11-9-12(15)5-6-13(11)16-7-3-1-2-4-8-16;/h5-6,9H,1-4,7-8,15H2;1H. The molecule has 0 atom stereocenters. The van der Waals surface area contributed by atoms with E-state index in [1.165, 1.54) is 25.7 Å². The number of nitrogen functional groups attached to an aromatic ring is 1. The molecule has 0 radical (unpaired) electrons. The zero-order valence-electron chi connectivity index (χ0n) is 9.85. The topological polar surface area (TPSA) is 53.1 Å². The lowest BCUT2D eigenvalue weighted by atomic mass is 10.1. The Balaban J connectivity index is 0.00000144.